The summed E-state index contributed by atoms with van der Waals surface area (Å²) in [4.78, 5) is 28.2. The maximum absolute atomic E-state index is 13.5. The molecular formula is C29H28ClNO6. The van der Waals surface area contributed by atoms with Crippen LogP contribution < -0.4 is 14.4 Å². The topological polar surface area (TPSA) is 96.3 Å². The molecule has 1 unspecified atom stereocenters. The molecule has 1 fully saturated rings. The zero-order valence-corrected chi connectivity index (χ0v) is 22.0. The first kappa shape index (κ1) is 26.1. The zero-order valence-electron chi connectivity index (χ0n) is 21.2. The third kappa shape index (κ3) is 4.74. The van der Waals surface area contributed by atoms with Crippen molar-refractivity contribution in [3.8, 4) is 17.2 Å². The van der Waals surface area contributed by atoms with Gasteiger partial charge >= 0.3 is 0 Å². The van der Waals surface area contributed by atoms with Crippen LogP contribution in [-0.2, 0) is 15.0 Å². The van der Waals surface area contributed by atoms with Crippen molar-refractivity contribution in [2.45, 2.75) is 32.2 Å². The van der Waals surface area contributed by atoms with E-state index in [1.165, 1.54) is 31.3 Å². The number of hydrogen-bond donors (Lipinski definition) is 2. The molecule has 1 atom stereocenters. The van der Waals surface area contributed by atoms with Gasteiger partial charge in [-0.25, -0.2) is 0 Å². The van der Waals surface area contributed by atoms with Crippen LogP contribution in [0.2, 0.25) is 5.02 Å². The van der Waals surface area contributed by atoms with Crippen LogP contribution in [0.3, 0.4) is 0 Å². The molecule has 0 spiro atoms. The molecular weight excluding hydrogens is 494 g/mol. The number of carbonyl (C=O) groups excluding carboxylic acids is 2. The summed E-state index contributed by atoms with van der Waals surface area (Å²) in [7, 11) is 2.97. The highest BCUT2D eigenvalue weighted by molar-refractivity contribution is 6.51. The Labute approximate surface area is 220 Å². The van der Waals surface area contributed by atoms with Crippen LogP contribution in [0.4, 0.5) is 5.69 Å². The molecule has 1 aliphatic rings. The third-order valence-electron chi connectivity index (χ3n) is 6.38. The number of aromatic hydroxyl groups is 1. The van der Waals surface area contributed by atoms with Gasteiger partial charge in [0.1, 0.15) is 23.0 Å². The minimum Gasteiger partial charge on any atom is -0.507 e. The Hall–Kier alpha value is -3.97. The van der Waals surface area contributed by atoms with E-state index < -0.39 is 17.7 Å². The summed E-state index contributed by atoms with van der Waals surface area (Å²) in [6.07, 6.45) is 0. The van der Waals surface area contributed by atoms with Crippen molar-refractivity contribution in [2.75, 3.05) is 19.1 Å². The van der Waals surface area contributed by atoms with Gasteiger partial charge in [0.25, 0.3) is 11.7 Å². The number of nitrogens with zero attached hydrogens (tertiary/aromatic N) is 1. The van der Waals surface area contributed by atoms with Gasteiger partial charge < -0.3 is 19.7 Å². The van der Waals surface area contributed by atoms with Crippen molar-refractivity contribution in [1.82, 2.24) is 0 Å². The SMILES string of the molecule is COc1cccc(N2C(=O)C(=O)/C(=C(/O)c3cc(C(C)(C)C)ccc3OC)C2c2ccc(O)c(Cl)c2)c1. The lowest BCUT2D eigenvalue weighted by Crippen LogP contribution is -2.29. The fourth-order valence-electron chi connectivity index (χ4n) is 4.37. The second-order valence-electron chi connectivity index (χ2n) is 9.75. The number of amides is 1. The highest BCUT2D eigenvalue weighted by atomic mass is 35.5. The molecule has 1 aliphatic heterocycles. The predicted octanol–water partition coefficient (Wildman–Crippen LogP) is 5.99. The van der Waals surface area contributed by atoms with E-state index in [1.54, 1.807) is 42.5 Å². The smallest absolute Gasteiger partial charge is 0.300 e. The number of carbonyl (C=O) groups is 2. The Morgan fingerprint density at radius 2 is 1.70 bits per heavy atom. The maximum atomic E-state index is 13.5. The van der Waals surface area contributed by atoms with Gasteiger partial charge in [0.2, 0.25) is 0 Å². The second kappa shape index (κ2) is 9.82. The van der Waals surface area contributed by atoms with Crippen LogP contribution in [0.5, 0.6) is 17.2 Å². The number of Topliss-reactive ketones (excluding diaryl/α,β-unsaturated/α-hetero) is 1. The Kier molecular flexibility index (Phi) is 6.93. The standard InChI is InChI=1S/C29H28ClNO6/c1-29(2,3)17-10-12-23(37-5)20(14-17)26(33)24-25(16-9-11-22(32)21(30)13-16)31(28(35)27(24)34)18-7-6-8-19(15-18)36-4/h6-15,25,32-33H,1-5H3/b26-24+. The summed E-state index contributed by atoms with van der Waals surface area (Å²) in [6.45, 7) is 6.08. The van der Waals surface area contributed by atoms with Crippen molar-refractivity contribution >= 4 is 34.7 Å². The number of hydrogen-bond acceptors (Lipinski definition) is 6. The van der Waals surface area contributed by atoms with E-state index in [4.69, 9.17) is 21.1 Å². The quantitative estimate of drug-likeness (QED) is 0.243. The molecule has 0 saturated carbocycles. The minimum absolute atomic E-state index is 0.0426. The number of ketones is 1. The Morgan fingerprint density at radius 3 is 2.32 bits per heavy atom. The lowest BCUT2D eigenvalue weighted by molar-refractivity contribution is -0.132. The molecule has 7 nitrogen and oxygen atoms in total. The lowest BCUT2D eigenvalue weighted by Gasteiger charge is -2.26. The number of phenols is 1. The van der Waals surface area contributed by atoms with Gasteiger partial charge in [-0.1, -0.05) is 50.6 Å². The summed E-state index contributed by atoms with van der Waals surface area (Å²) in [5.41, 5.74) is 1.63. The Morgan fingerprint density at radius 1 is 0.973 bits per heavy atom. The van der Waals surface area contributed by atoms with E-state index in [2.05, 4.69) is 0 Å². The van der Waals surface area contributed by atoms with Crippen LogP contribution in [-0.4, -0.2) is 36.1 Å². The first-order valence-electron chi connectivity index (χ1n) is 11.6. The number of anilines is 1. The van der Waals surface area contributed by atoms with Crippen molar-refractivity contribution in [3.05, 3.63) is 87.9 Å². The first-order chi connectivity index (χ1) is 17.5. The number of halogens is 1. The molecule has 0 radical (unpaired) electrons. The number of phenolic OH excluding ortho intramolecular Hbond substituents is 1. The molecule has 0 aliphatic carbocycles. The van der Waals surface area contributed by atoms with Gasteiger partial charge in [0, 0.05) is 11.8 Å². The summed E-state index contributed by atoms with van der Waals surface area (Å²) in [5, 5.41) is 21.7. The van der Waals surface area contributed by atoms with E-state index >= 15 is 0 Å². The van der Waals surface area contributed by atoms with Crippen LogP contribution in [0.1, 0.15) is 43.5 Å². The molecule has 3 aromatic carbocycles. The van der Waals surface area contributed by atoms with Gasteiger partial charge in [-0.2, -0.15) is 0 Å². The second-order valence-corrected chi connectivity index (χ2v) is 10.2. The molecule has 1 amide bonds. The number of ether oxygens (including phenoxy) is 2. The molecule has 2 N–H and O–H groups in total. The van der Waals surface area contributed by atoms with Gasteiger partial charge in [-0.15, -0.1) is 0 Å². The van der Waals surface area contributed by atoms with E-state index in [1.807, 2.05) is 26.8 Å². The number of aliphatic hydroxyl groups is 1. The van der Waals surface area contributed by atoms with Gasteiger partial charge in [0.05, 0.1) is 36.4 Å². The molecule has 4 rings (SSSR count). The number of rotatable bonds is 5. The molecule has 1 heterocycles. The predicted molar refractivity (Wildman–Crippen MR) is 143 cm³/mol. The molecule has 192 valence electrons. The summed E-state index contributed by atoms with van der Waals surface area (Å²) < 4.78 is 10.8. The van der Waals surface area contributed by atoms with Crippen molar-refractivity contribution in [2.24, 2.45) is 0 Å². The average Bonchev–Trinajstić information content (AvgIpc) is 3.14. The molecule has 3 aromatic rings. The third-order valence-corrected chi connectivity index (χ3v) is 6.69. The monoisotopic (exact) mass is 521 g/mol. The van der Waals surface area contributed by atoms with Gasteiger partial charge in [-0.3, -0.25) is 14.5 Å². The highest BCUT2D eigenvalue weighted by Crippen LogP contribution is 2.45. The van der Waals surface area contributed by atoms with E-state index in [-0.39, 0.29) is 33.1 Å². The number of benzene rings is 3. The molecule has 8 heteroatoms. The van der Waals surface area contributed by atoms with E-state index in [0.29, 0.717) is 22.7 Å². The van der Waals surface area contributed by atoms with Crippen molar-refractivity contribution in [1.29, 1.82) is 0 Å². The summed E-state index contributed by atoms with van der Waals surface area (Å²) in [5.74, 6) is -1.38. The largest absolute Gasteiger partial charge is 0.507 e. The normalized spacial score (nSPS) is 17.2. The van der Waals surface area contributed by atoms with Gasteiger partial charge in [0.15, 0.2) is 0 Å². The van der Waals surface area contributed by atoms with Crippen LogP contribution in [0.15, 0.2) is 66.2 Å². The van der Waals surface area contributed by atoms with Crippen molar-refractivity contribution in [3.63, 3.8) is 0 Å². The summed E-state index contributed by atoms with van der Waals surface area (Å²) >= 11 is 6.21. The fourth-order valence-corrected chi connectivity index (χ4v) is 4.56. The average molecular weight is 522 g/mol. The first-order valence-corrected chi connectivity index (χ1v) is 12.0. The molecule has 0 aromatic heterocycles. The zero-order chi connectivity index (χ0) is 27.1. The maximum Gasteiger partial charge on any atom is 0.300 e. The number of aliphatic hydroxyl groups excluding tert-OH is 1. The van der Waals surface area contributed by atoms with E-state index in [9.17, 15) is 19.8 Å². The van der Waals surface area contributed by atoms with Crippen molar-refractivity contribution < 1.29 is 29.3 Å². The Bertz CT molecular complexity index is 1420. The van der Waals surface area contributed by atoms with Crippen LogP contribution in [0, 0.1) is 0 Å². The van der Waals surface area contributed by atoms with Gasteiger partial charge in [-0.05, 0) is 52.9 Å². The molecule has 1 saturated heterocycles. The number of methoxy groups -OCH3 is 2. The fraction of sp³-hybridized carbons (Fsp3) is 0.241. The lowest BCUT2D eigenvalue weighted by atomic mass is 9.85. The summed E-state index contributed by atoms with van der Waals surface area (Å²) in [6, 6.07) is 15.5. The molecule has 0 bridgehead atoms. The minimum atomic E-state index is -1.03. The van der Waals surface area contributed by atoms with Crippen LogP contribution in [0.25, 0.3) is 5.76 Å². The van der Waals surface area contributed by atoms with E-state index in [0.717, 1.165) is 5.56 Å². The molecule has 37 heavy (non-hydrogen) atoms. The highest BCUT2D eigenvalue weighted by Gasteiger charge is 2.47. The van der Waals surface area contributed by atoms with Crippen LogP contribution >= 0.6 is 11.6 Å². The Balaban J connectivity index is 2.02.